The number of benzene rings is 1. The van der Waals surface area contributed by atoms with Crippen LogP contribution >= 0.6 is 11.3 Å². The molecule has 0 atom stereocenters. The summed E-state index contributed by atoms with van der Waals surface area (Å²) in [5.74, 6) is 0.545. The third-order valence-electron chi connectivity index (χ3n) is 3.18. The summed E-state index contributed by atoms with van der Waals surface area (Å²) < 4.78 is 0.829. The van der Waals surface area contributed by atoms with Gasteiger partial charge in [0.1, 0.15) is 10.8 Å². The molecule has 0 amide bonds. The molecule has 0 radical (unpaired) electrons. The molecule has 0 saturated heterocycles. The van der Waals surface area contributed by atoms with Crippen molar-refractivity contribution >= 4 is 39.5 Å². The van der Waals surface area contributed by atoms with Crippen LogP contribution in [0.1, 0.15) is 10.6 Å². The number of pyridine rings is 1. The number of phenolic OH excluding ortho intramolecular Hbond substituents is 2. The molecule has 0 aliphatic rings. The lowest BCUT2D eigenvalue weighted by Gasteiger charge is -1.97. The zero-order valence-corrected chi connectivity index (χ0v) is 13.2. The van der Waals surface area contributed by atoms with E-state index in [1.54, 1.807) is 6.20 Å². The summed E-state index contributed by atoms with van der Waals surface area (Å²) in [6, 6.07) is 6.87. The Balaban J connectivity index is 1.73. The highest BCUT2D eigenvalue weighted by Gasteiger charge is 2.06. The lowest BCUT2D eigenvalue weighted by molar-refractivity contribution is 0.405. The SMILES string of the molecule is CNc1ccc(/C=C/C=C/c2nc3cc(O)c(O)cc3s2)cn1. The Morgan fingerprint density at radius 1 is 1.09 bits per heavy atom. The maximum atomic E-state index is 9.49. The molecule has 2 aromatic heterocycles. The number of hydrogen-bond donors (Lipinski definition) is 3. The van der Waals surface area contributed by atoms with Gasteiger partial charge in [0.05, 0.1) is 10.2 Å². The van der Waals surface area contributed by atoms with Crippen LogP contribution in [0.15, 0.2) is 42.6 Å². The minimum absolute atomic E-state index is 0.130. The van der Waals surface area contributed by atoms with Crippen molar-refractivity contribution in [1.82, 2.24) is 9.97 Å². The lowest BCUT2D eigenvalue weighted by atomic mass is 10.2. The van der Waals surface area contributed by atoms with Gasteiger partial charge in [-0.3, -0.25) is 0 Å². The smallest absolute Gasteiger partial charge is 0.159 e. The van der Waals surface area contributed by atoms with Crippen molar-refractivity contribution in [2.24, 2.45) is 0 Å². The molecule has 1 aromatic carbocycles. The van der Waals surface area contributed by atoms with Gasteiger partial charge in [0.2, 0.25) is 0 Å². The largest absolute Gasteiger partial charge is 0.504 e. The van der Waals surface area contributed by atoms with Crippen LogP contribution in [0.25, 0.3) is 22.4 Å². The first-order valence-corrected chi connectivity index (χ1v) is 7.78. The minimum Gasteiger partial charge on any atom is -0.504 e. The first kappa shape index (κ1) is 15.1. The first-order chi connectivity index (χ1) is 11.2. The number of thiazole rings is 1. The normalized spacial score (nSPS) is 11.7. The predicted molar refractivity (Wildman–Crippen MR) is 94.8 cm³/mol. The summed E-state index contributed by atoms with van der Waals surface area (Å²) >= 11 is 1.45. The van der Waals surface area contributed by atoms with Crippen LogP contribution in [0.4, 0.5) is 5.82 Å². The fourth-order valence-electron chi connectivity index (χ4n) is 2.00. The van der Waals surface area contributed by atoms with E-state index in [0.717, 1.165) is 21.1 Å². The molecule has 6 heteroatoms. The zero-order valence-electron chi connectivity index (χ0n) is 12.4. The Hall–Kier alpha value is -2.86. The third kappa shape index (κ3) is 3.49. The van der Waals surface area contributed by atoms with E-state index in [-0.39, 0.29) is 11.5 Å². The number of anilines is 1. The van der Waals surface area contributed by atoms with Crippen molar-refractivity contribution in [3.63, 3.8) is 0 Å². The molecule has 2 heterocycles. The van der Waals surface area contributed by atoms with Crippen molar-refractivity contribution in [1.29, 1.82) is 0 Å². The second-order valence-electron chi connectivity index (χ2n) is 4.81. The van der Waals surface area contributed by atoms with E-state index < -0.39 is 0 Å². The molecule has 5 nitrogen and oxygen atoms in total. The molecule has 23 heavy (non-hydrogen) atoms. The van der Waals surface area contributed by atoms with Crippen molar-refractivity contribution in [3.05, 3.63) is 53.2 Å². The standard InChI is InChI=1S/C17H15N3O2S/c1-18-16-7-6-11(10-19-16)4-2-3-5-17-20-12-8-13(21)14(22)9-15(12)23-17/h2-10,21-22H,1H3,(H,18,19)/b4-2+,5-3+. The number of allylic oxidation sites excluding steroid dienone is 2. The van der Waals surface area contributed by atoms with E-state index in [4.69, 9.17) is 0 Å². The van der Waals surface area contributed by atoms with Gasteiger partial charge in [0, 0.05) is 25.4 Å². The Kier molecular flexibility index (Phi) is 4.25. The molecule has 0 spiro atoms. The van der Waals surface area contributed by atoms with Crippen molar-refractivity contribution in [2.45, 2.75) is 0 Å². The number of rotatable bonds is 4. The maximum Gasteiger partial charge on any atom is 0.159 e. The molecule has 0 aliphatic carbocycles. The Bertz CT molecular complexity index is 844. The van der Waals surface area contributed by atoms with Crippen LogP contribution < -0.4 is 5.32 Å². The summed E-state index contributed by atoms with van der Waals surface area (Å²) in [5, 5.41) is 22.7. The summed E-state index contributed by atoms with van der Waals surface area (Å²) in [7, 11) is 1.83. The summed E-state index contributed by atoms with van der Waals surface area (Å²) in [6.07, 6.45) is 9.43. The molecule has 0 fully saturated rings. The van der Waals surface area contributed by atoms with E-state index in [1.807, 2.05) is 43.5 Å². The molecule has 3 rings (SSSR count). The highest BCUT2D eigenvalue weighted by Crippen LogP contribution is 2.33. The first-order valence-electron chi connectivity index (χ1n) is 6.97. The maximum absolute atomic E-state index is 9.49. The van der Waals surface area contributed by atoms with E-state index >= 15 is 0 Å². The van der Waals surface area contributed by atoms with E-state index in [2.05, 4.69) is 15.3 Å². The molecule has 0 bridgehead atoms. The number of fused-ring (bicyclic) bond motifs is 1. The molecular formula is C17H15N3O2S. The van der Waals surface area contributed by atoms with Crippen LogP contribution in [0.3, 0.4) is 0 Å². The van der Waals surface area contributed by atoms with Crippen LogP contribution in [0.5, 0.6) is 11.5 Å². The van der Waals surface area contributed by atoms with Gasteiger partial charge >= 0.3 is 0 Å². The molecular weight excluding hydrogens is 310 g/mol. The Morgan fingerprint density at radius 2 is 1.87 bits per heavy atom. The summed E-state index contributed by atoms with van der Waals surface area (Å²) in [4.78, 5) is 8.62. The van der Waals surface area contributed by atoms with E-state index in [1.165, 1.54) is 23.5 Å². The van der Waals surface area contributed by atoms with Gasteiger partial charge in [-0.25, -0.2) is 9.97 Å². The van der Waals surface area contributed by atoms with Gasteiger partial charge in [-0.15, -0.1) is 11.3 Å². The van der Waals surface area contributed by atoms with Gasteiger partial charge in [-0.05, 0) is 23.8 Å². The topological polar surface area (TPSA) is 78.3 Å². The number of aromatic hydroxyl groups is 2. The summed E-state index contributed by atoms with van der Waals surface area (Å²) in [6.45, 7) is 0. The highest BCUT2D eigenvalue weighted by molar-refractivity contribution is 7.19. The van der Waals surface area contributed by atoms with Gasteiger partial charge in [0.25, 0.3) is 0 Å². The minimum atomic E-state index is -0.157. The molecule has 3 aromatic rings. The molecule has 0 saturated carbocycles. The highest BCUT2D eigenvalue weighted by atomic mass is 32.1. The number of aromatic nitrogens is 2. The van der Waals surface area contributed by atoms with Gasteiger partial charge in [0.15, 0.2) is 11.5 Å². The second-order valence-corrected chi connectivity index (χ2v) is 5.87. The average Bonchev–Trinajstić information content (AvgIpc) is 2.94. The molecule has 116 valence electrons. The Morgan fingerprint density at radius 3 is 2.61 bits per heavy atom. The lowest BCUT2D eigenvalue weighted by Crippen LogP contribution is -1.90. The van der Waals surface area contributed by atoms with E-state index in [9.17, 15) is 10.2 Å². The van der Waals surface area contributed by atoms with Crippen LogP contribution in [-0.4, -0.2) is 27.2 Å². The monoisotopic (exact) mass is 325 g/mol. The third-order valence-corrected chi connectivity index (χ3v) is 4.17. The van der Waals surface area contributed by atoms with Crippen LogP contribution in [0, 0.1) is 0 Å². The molecule has 3 N–H and O–H groups in total. The number of nitrogens with one attached hydrogen (secondary N) is 1. The predicted octanol–water partition coefficient (Wildman–Crippen LogP) is 3.87. The van der Waals surface area contributed by atoms with Crippen LogP contribution in [-0.2, 0) is 0 Å². The summed E-state index contributed by atoms with van der Waals surface area (Å²) in [5.41, 5.74) is 1.67. The van der Waals surface area contributed by atoms with E-state index in [0.29, 0.717) is 5.52 Å². The number of hydrogen-bond acceptors (Lipinski definition) is 6. The fraction of sp³-hybridized carbons (Fsp3) is 0.0588. The average molecular weight is 325 g/mol. The Labute approximate surface area is 137 Å². The quantitative estimate of drug-likeness (QED) is 0.501. The van der Waals surface area contributed by atoms with Crippen molar-refractivity contribution < 1.29 is 10.2 Å². The molecule has 0 unspecified atom stereocenters. The zero-order chi connectivity index (χ0) is 16.2. The fourth-order valence-corrected chi connectivity index (χ4v) is 2.89. The van der Waals surface area contributed by atoms with Gasteiger partial charge in [-0.2, -0.15) is 0 Å². The number of phenols is 2. The molecule has 0 aliphatic heterocycles. The number of nitrogens with zero attached hydrogens (tertiary/aromatic N) is 2. The van der Waals surface area contributed by atoms with Gasteiger partial charge < -0.3 is 15.5 Å². The van der Waals surface area contributed by atoms with Gasteiger partial charge in [-0.1, -0.05) is 18.2 Å². The van der Waals surface area contributed by atoms with Crippen molar-refractivity contribution in [3.8, 4) is 11.5 Å². The van der Waals surface area contributed by atoms with Crippen molar-refractivity contribution in [2.75, 3.05) is 12.4 Å². The second kappa shape index (κ2) is 6.50. The van der Waals surface area contributed by atoms with Crippen LogP contribution in [0.2, 0.25) is 0 Å².